The van der Waals surface area contributed by atoms with E-state index in [0.29, 0.717) is 39.0 Å². The predicted octanol–water partition coefficient (Wildman–Crippen LogP) is 2.07. The molecule has 3 heterocycles. The van der Waals surface area contributed by atoms with E-state index >= 15 is 0 Å². The van der Waals surface area contributed by atoms with Gasteiger partial charge in [-0.1, -0.05) is 6.07 Å². The first-order valence-corrected chi connectivity index (χ1v) is 12.5. The first-order chi connectivity index (χ1) is 19.0. The van der Waals surface area contributed by atoms with Crippen molar-refractivity contribution in [1.29, 1.82) is 0 Å². The summed E-state index contributed by atoms with van der Waals surface area (Å²) in [5.74, 6) is -0.463. The van der Waals surface area contributed by atoms with E-state index in [9.17, 15) is 25.2 Å². The topological polar surface area (TPSA) is 153 Å². The van der Waals surface area contributed by atoms with Crippen LogP contribution in [-0.4, -0.2) is 72.5 Å². The van der Waals surface area contributed by atoms with Crippen LogP contribution in [0.2, 0.25) is 0 Å². The molecule has 39 heavy (non-hydrogen) atoms. The molecule has 0 aromatic heterocycles. The van der Waals surface area contributed by atoms with Crippen molar-refractivity contribution in [3.63, 3.8) is 0 Å². The molecule has 206 valence electrons. The summed E-state index contributed by atoms with van der Waals surface area (Å²) in [6.07, 6.45) is -1.42. The van der Waals surface area contributed by atoms with Gasteiger partial charge in [0.15, 0.2) is 11.5 Å². The highest BCUT2D eigenvalue weighted by atomic mass is 16.7. The first-order valence-electron chi connectivity index (χ1n) is 12.5. The van der Waals surface area contributed by atoms with Crippen LogP contribution < -0.4 is 14.2 Å². The summed E-state index contributed by atoms with van der Waals surface area (Å²) in [6.45, 7) is -0.903. The zero-order valence-corrected chi connectivity index (χ0v) is 21.1. The minimum Gasteiger partial charge on any atom is -0.508 e. The Morgan fingerprint density at radius 3 is 2.49 bits per heavy atom. The second-order valence-electron chi connectivity index (χ2n) is 9.67. The van der Waals surface area contributed by atoms with Crippen LogP contribution in [0.25, 0.3) is 21.9 Å². The minimum atomic E-state index is -0.982. The van der Waals surface area contributed by atoms with Crippen LogP contribution >= 0.6 is 0 Å². The molecule has 0 bridgehead atoms. The van der Waals surface area contributed by atoms with E-state index in [2.05, 4.69) is 0 Å². The lowest BCUT2D eigenvalue weighted by Gasteiger charge is -2.40. The van der Waals surface area contributed by atoms with Crippen molar-refractivity contribution in [2.75, 3.05) is 33.7 Å². The SMILES string of the molecule is COC1COC(Oc2c3c(c(-c4ccc5c(c4)OCO5)c4cc(O)c(CO)cc24)C(=O)OC3)C(CO)C1CO. The number of hydrogen-bond donors (Lipinski definition) is 4. The number of phenols is 1. The maximum Gasteiger partial charge on any atom is 0.339 e. The number of aliphatic hydroxyl groups excluding tert-OH is 3. The van der Waals surface area contributed by atoms with E-state index in [-0.39, 0.29) is 55.8 Å². The summed E-state index contributed by atoms with van der Waals surface area (Å²) in [5.41, 5.74) is 2.11. The zero-order valence-electron chi connectivity index (χ0n) is 21.1. The van der Waals surface area contributed by atoms with Crippen molar-refractivity contribution in [2.45, 2.75) is 25.6 Å². The number of rotatable bonds is 7. The molecule has 0 saturated carbocycles. The van der Waals surface area contributed by atoms with Gasteiger partial charge in [0.1, 0.15) is 18.1 Å². The third-order valence-electron chi connectivity index (χ3n) is 7.70. The van der Waals surface area contributed by atoms with E-state index in [1.165, 1.54) is 13.2 Å². The maximum absolute atomic E-state index is 13.1. The largest absolute Gasteiger partial charge is 0.508 e. The molecule has 3 aromatic rings. The van der Waals surface area contributed by atoms with Crippen molar-refractivity contribution in [3.8, 4) is 34.1 Å². The van der Waals surface area contributed by atoms with Crippen LogP contribution in [0, 0.1) is 11.8 Å². The Balaban J connectivity index is 1.56. The van der Waals surface area contributed by atoms with Gasteiger partial charge in [-0.05, 0) is 35.2 Å². The normalized spacial score (nSPS) is 23.6. The van der Waals surface area contributed by atoms with Gasteiger partial charge in [0.2, 0.25) is 13.1 Å². The monoisotopic (exact) mass is 540 g/mol. The Kier molecular flexibility index (Phi) is 6.69. The Morgan fingerprint density at radius 1 is 0.949 bits per heavy atom. The molecule has 11 heteroatoms. The number of fused-ring (bicyclic) bond motifs is 3. The second-order valence-corrected chi connectivity index (χ2v) is 9.67. The number of methoxy groups -OCH3 is 1. The fourth-order valence-electron chi connectivity index (χ4n) is 5.64. The van der Waals surface area contributed by atoms with Gasteiger partial charge in [0.25, 0.3) is 0 Å². The van der Waals surface area contributed by atoms with Gasteiger partial charge >= 0.3 is 5.97 Å². The molecule has 0 spiro atoms. The highest BCUT2D eigenvalue weighted by Gasteiger charge is 2.43. The van der Waals surface area contributed by atoms with Crippen LogP contribution in [0.3, 0.4) is 0 Å². The number of aromatic hydroxyl groups is 1. The second kappa shape index (κ2) is 10.2. The maximum atomic E-state index is 13.1. The van der Waals surface area contributed by atoms with Gasteiger partial charge in [0.05, 0.1) is 37.4 Å². The van der Waals surface area contributed by atoms with Crippen molar-refractivity contribution >= 4 is 16.7 Å². The number of aliphatic hydroxyl groups is 3. The molecule has 11 nitrogen and oxygen atoms in total. The molecule has 3 aromatic carbocycles. The van der Waals surface area contributed by atoms with Crippen LogP contribution in [0.5, 0.6) is 23.0 Å². The smallest absolute Gasteiger partial charge is 0.339 e. The fourth-order valence-corrected chi connectivity index (χ4v) is 5.64. The summed E-state index contributed by atoms with van der Waals surface area (Å²) in [5, 5.41) is 41.8. The molecule has 1 saturated heterocycles. The van der Waals surface area contributed by atoms with Crippen molar-refractivity contribution in [2.24, 2.45) is 11.8 Å². The predicted molar refractivity (Wildman–Crippen MR) is 135 cm³/mol. The van der Waals surface area contributed by atoms with Gasteiger partial charge in [-0.3, -0.25) is 0 Å². The Morgan fingerprint density at radius 2 is 1.74 bits per heavy atom. The molecule has 3 aliphatic rings. The molecular formula is C28H28O11. The van der Waals surface area contributed by atoms with Gasteiger partial charge in [-0.2, -0.15) is 0 Å². The van der Waals surface area contributed by atoms with E-state index < -0.39 is 36.8 Å². The molecule has 4 N–H and O–H groups in total. The van der Waals surface area contributed by atoms with Gasteiger partial charge < -0.3 is 48.8 Å². The summed E-state index contributed by atoms with van der Waals surface area (Å²) < 4.78 is 34.2. The number of carbonyl (C=O) groups is 1. The Labute approximate surface area is 223 Å². The zero-order chi connectivity index (χ0) is 27.3. The summed E-state index contributed by atoms with van der Waals surface area (Å²) >= 11 is 0. The summed E-state index contributed by atoms with van der Waals surface area (Å²) in [6, 6.07) is 8.35. The molecule has 4 atom stereocenters. The Bertz CT molecular complexity index is 1440. The number of esters is 1. The highest BCUT2D eigenvalue weighted by Crippen LogP contribution is 2.49. The van der Waals surface area contributed by atoms with Crippen molar-refractivity contribution < 1.29 is 53.6 Å². The molecular weight excluding hydrogens is 512 g/mol. The van der Waals surface area contributed by atoms with E-state index in [1.807, 2.05) is 0 Å². The molecule has 0 aliphatic carbocycles. The molecule has 6 rings (SSSR count). The Hall–Kier alpha value is -3.61. The van der Waals surface area contributed by atoms with Crippen LogP contribution in [0.4, 0.5) is 0 Å². The summed E-state index contributed by atoms with van der Waals surface area (Å²) in [7, 11) is 1.51. The van der Waals surface area contributed by atoms with E-state index in [0.717, 1.165) is 0 Å². The molecule has 0 amide bonds. The number of benzene rings is 3. The molecule has 1 fully saturated rings. The van der Waals surface area contributed by atoms with Crippen LogP contribution in [0.1, 0.15) is 21.5 Å². The van der Waals surface area contributed by atoms with Crippen LogP contribution in [0.15, 0.2) is 30.3 Å². The minimum absolute atomic E-state index is 0.0764. The fraction of sp³-hybridized carbons (Fsp3) is 0.393. The first kappa shape index (κ1) is 25.7. The van der Waals surface area contributed by atoms with Gasteiger partial charge in [0, 0.05) is 41.7 Å². The number of carbonyl (C=O) groups excluding carboxylic acids is 1. The van der Waals surface area contributed by atoms with E-state index in [4.69, 9.17) is 28.4 Å². The van der Waals surface area contributed by atoms with Gasteiger partial charge in [-0.25, -0.2) is 4.79 Å². The molecule has 3 aliphatic heterocycles. The van der Waals surface area contributed by atoms with Crippen molar-refractivity contribution in [1.82, 2.24) is 0 Å². The summed E-state index contributed by atoms with van der Waals surface area (Å²) in [4.78, 5) is 13.1. The number of cyclic esters (lactones) is 1. The highest BCUT2D eigenvalue weighted by molar-refractivity contribution is 6.13. The van der Waals surface area contributed by atoms with E-state index in [1.54, 1.807) is 24.3 Å². The standard InChI is InChI=1S/C28H28O11/c1-34-23-11-36-28(18(9-31)17(23)8-30)39-26-16-4-14(7-29)20(32)6-15(16)24(25-19(26)10-35-27(25)33)13-2-3-21-22(5-13)38-12-37-21/h2-6,17-18,23,28-32H,7-12H2,1H3. The lowest BCUT2D eigenvalue weighted by atomic mass is 9.85. The lowest BCUT2D eigenvalue weighted by Crippen LogP contribution is -2.51. The third kappa shape index (κ3) is 4.14. The lowest BCUT2D eigenvalue weighted by molar-refractivity contribution is -0.218. The van der Waals surface area contributed by atoms with Gasteiger partial charge in [-0.15, -0.1) is 0 Å². The average molecular weight is 541 g/mol. The number of hydrogen-bond acceptors (Lipinski definition) is 11. The average Bonchev–Trinajstić information content (AvgIpc) is 3.58. The third-order valence-corrected chi connectivity index (χ3v) is 7.70. The quantitative estimate of drug-likeness (QED) is 0.326. The van der Waals surface area contributed by atoms with Crippen molar-refractivity contribution in [3.05, 3.63) is 47.0 Å². The molecule has 0 radical (unpaired) electrons. The number of ether oxygens (including phenoxy) is 6. The van der Waals surface area contributed by atoms with Crippen LogP contribution in [-0.2, 0) is 27.4 Å². The molecule has 4 unspecified atom stereocenters.